The number of thiophene rings is 3. The lowest BCUT2D eigenvalue weighted by molar-refractivity contribution is 0.504. The number of furan rings is 4. The minimum Gasteiger partial charge on any atom is -0.472 e. The molecule has 0 spiro atoms. The molecule has 0 radical (unpaired) electrons. The number of aromatic nitrogens is 6. The number of rotatable bonds is 1. The predicted octanol–water partition coefficient (Wildman–Crippen LogP) is 25.1. The maximum absolute atomic E-state index is 5.55. The maximum atomic E-state index is 5.55. The van der Waals surface area contributed by atoms with Gasteiger partial charge in [0, 0.05) is 82.0 Å². The highest BCUT2D eigenvalue weighted by Gasteiger charge is 2.04. The van der Waals surface area contributed by atoms with E-state index in [1.807, 2.05) is 201 Å². The molecule has 13 aromatic heterocycles. The topological polar surface area (TPSA) is 130 Å². The lowest BCUT2D eigenvalue weighted by Gasteiger charge is -2.00. The second-order valence-electron chi connectivity index (χ2n) is 20.2. The van der Waals surface area contributed by atoms with Crippen molar-refractivity contribution in [2.75, 3.05) is 0 Å². The zero-order valence-corrected chi connectivity index (χ0v) is 63.7. The van der Waals surface area contributed by atoms with Crippen LogP contribution in [0.3, 0.4) is 0 Å². The normalized spacial score (nSPS) is 9.32. The Balaban J connectivity index is 0.000000338. The lowest BCUT2D eigenvalue weighted by Crippen LogP contribution is -1.78. The second kappa shape index (κ2) is 48.0. The quantitative estimate of drug-likeness (QED) is 0.157. The first-order chi connectivity index (χ1) is 43.4. The van der Waals surface area contributed by atoms with Crippen LogP contribution < -0.4 is 0 Å². The highest BCUT2D eigenvalue weighted by molar-refractivity contribution is 7.12. The fourth-order valence-corrected chi connectivity index (χ4v) is 11.4. The molecule has 0 aliphatic rings. The summed E-state index contributed by atoms with van der Waals surface area (Å²) < 4.78 is 32.1. The molecule has 486 valence electrons. The summed E-state index contributed by atoms with van der Waals surface area (Å²) in [5, 5.41) is 15.6. The molecular weight excluding hydrogens is 1300 g/mol. The molecule has 0 saturated carbocycles. The first kappa shape index (κ1) is 80.3. The van der Waals surface area contributed by atoms with Crippen LogP contribution in [0.15, 0.2) is 195 Å². The van der Waals surface area contributed by atoms with Crippen LogP contribution in [0.5, 0.6) is 0 Å². The number of nitrogens with zero attached hydrogens (tertiary/aromatic N) is 6. The number of thiazole rings is 3. The molecule has 0 aliphatic heterocycles. The van der Waals surface area contributed by atoms with E-state index < -0.39 is 0 Å². The van der Waals surface area contributed by atoms with E-state index in [2.05, 4.69) is 123 Å². The molecule has 0 fully saturated rings. The summed E-state index contributed by atoms with van der Waals surface area (Å²) in [6.45, 7) is 40.7. The van der Waals surface area contributed by atoms with Crippen molar-refractivity contribution in [2.24, 2.45) is 0 Å². The fraction of sp³-hybridized carbons (Fsp3) is 0.278. The molecule has 0 bridgehead atoms. The molecule has 91 heavy (non-hydrogen) atoms. The molecule has 0 saturated heterocycles. The first-order valence-corrected chi connectivity index (χ1v) is 36.6. The van der Waals surface area contributed by atoms with Gasteiger partial charge < -0.3 is 17.7 Å². The highest BCUT2D eigenvalue weighted by atomic mass is 32.1. The van der Waals surface area contributed by atoms with Crippen molar-refractivity contribution in [2.45, 2.75) is 138 Å². The summed E-state index contributed by atoms with van der Waals surface area (Å²) in [5.74, 6) is 4.86. The van der Waals surface area contributed by atoms with E-state index in [0.717, 1.165) is 45.2 Å². The van der Waals surface area contributed by atoms with Gasteiger partial charge in [-0.2, -0.15) is 15.7 Å². The van der Waals surface area contributed by atoms with E-state index in [-0.39, 0.29) is 0 Å². The van der Waals surface area contributed by atoms with Crippen molar-refractivity contribution in [3.05, 3.63) is 286 Å². The van der Waals surface area contributed by atoms with Crippen molar-refractivity contribution in [3.63, 3.8) is 0 Å². The van der Waals surface area contributed by atoms with Crippen LogP contribution in [-0.2, 0) is 0 Å². The lowest BCUT2D eigenvalue weighted by atomic mass is 10.1. The van der Waals surface area contributed by atoms with E-state index in [1.165, 1.54) is 109 Å². The fourth-order valence-electron chi connectivity index (χ4n) is 6.20. The molecule has 0 aliphatic carbocycles. The molecule has 13 heterocycles. The standard InChI is InChI=1S/C12H12O.3C6H8O.3C6H8S.6C4H5NS/c1-9-5-3-4-6-11(9)12-8-7-10(2)13-12;1-5-3-7-4-6(5)2;1-5-3-6(2)7-4-5;1-5-3-4-6(2)7-5;1-5-3-7-4-6(5)2;1-5-3-6(2)7-4-5;1-5-3-4-6(2)7-5;1-4-2-6-3-5-4;1-4-2-5-3-6-4;1-4-2-5-6-3-4;1-4-5-2-3-6-4;1-4-2-3-6-5-4;1-4-2-3-5-6-4/h3-8H,1-2H3;6*3-4H,1-2H3;6*2-3H,1H3. The van der Waals surface area contributed by atoms with Crippen LogP contribution in [-0.4, -0.2) is 28.1 Å². The van der Waals surface area contributed by atoms with Crippen LogP contribution in [0.4, 0.5) is 0 Å². The minimum absolute atomic E-state index is 0.954. The van der Waals surface area contributed by atoms with Gasteiger partial charge in [0.2, 0.25) is 0 Å². The van der Waals surface area contributed by atoms with Crippen LogP contribution in [0.1, 0.15) is 108 Å². The minimum atomic E-state index is 0.954. The van der Waals surface area contributed by atoms with E-state index in [1.54, 1.807) is 87.9 Å². The number of aryl methyl sites for hydroxylation is 20. The van der Waals surface area contributed by atoms with Gasteiger partial charge in [-0.3, -0.25) is 15.0 Å². The monoisotopic (exact) mass is 1390 g/mol. The molecule has 1 aromatic carbocycles. The smallest absolute Gasteiger partial charge is 0.134 e. The molecule has 0 unspecified atom stereocenters. The van der Waals surface area contributed by atoms with Crippen LogP contribution in [0.2, 0.25) is 0 Å². The Morgan fingerprint density at radius 2 is 1.05 bits per heavy atom. The predicted molar refractivity (Wildman–Crippen MR) is 401 cm³/mol. The summed E-state index contributed by atoms with van der Waals surface area (Å²) in [5.41, 5.74) is 17.4. The summed E-state index contributed by atoms with van der Waals surface area (Å²) in [4.78, 5) is 18.5. The number of hydrogen-bond acceptors (Lipinski definition) is 19. The van der Waals surface area contributed by atoms with Crippen LogP contribution in [0.25, 0.3) is 11.3 Å². The van der Waals surface area contributed by atoms with E-state index in [4.69, 9.17) is 17.7 Å². The number of hydrogen-bond donors (Lipinski definition) is 0. The molecule has 0 N–H and O–H groups in total. The average molecular weight is 1390 g/mol. The van der Waals surface area contributed by atoms with Crippen LogP contribution >= 0.6 is 103 Å². The molecule has 19 heteroatoms. The first-order valence-electron chi connectivity index (χ1n) is 28.8. The van der Waals surface area contributed by atoms with Gasteiger partial charge in [0.1, 0.15) is 28.8 Å². The van der Waals surface area contributed by atoms with Gasteiger partial charge in [-0.25, -0.2) is 8.75 Å². The van der Waals surface area contributed by atoms with Gasteiger partial charge in [0.15, 0.2) is 0 Å². The number of benzene rings is 1. The SMILES string of the molecule is Cc1ccc(-c2ccccc2C)o1.Cc1ccc(C)o1.Cc1ccc(C)s1.Cc1ccns1.Cc1ccsn1.Cc1cncs1.Cc1cnsc1.Cc1coc(C)c1.Cc1cocc1C.Cc1csc(C)c1.Cc1cscc1C.Cc1cscn1.Cc1nccs1. The van der Waals surface area contributed by atoms with E-state index in [9.17, 15) is 0 Å². The molecule has 10 nitrogen and oxygen atoms in total. The van der Waals surface area contributed by atoms with Crippen molar-refractivity contribution < 1.29 is 17.7 Å². The Labute approximate surface area is 578 Å². The largest absolute Gasteiger partial charge is 0.472 e. The van der Waals surface area contributed by atoms with Gasteiger partial charge in [-0.15, -0.1) is 56.7 Å². The Bertz CT molecular complexity index is 3310. The van der Waals surface area contributed by atoms with E-state index in [0.29, 0.717) is 0 Å². The van der Waals surface area contributed by atoms with Gasteiger partial charge in [-0.05, 0) is 294 Å². The Kier molecular flexibility index (Phi) is 42.4. The third-order valence-corrected chi connectivity index (χ3v) is 18.2. The second-order valence-corrected chi connectivity index (χ2v) is 28.9. The summed E-state index contributed by atoms with van der Waals surface area (Å²) in [7, 11) is 0. The van der Waals surface area contributed by atoms with Crippen molar-refractivity contribution in [1.29, 1.82) is 0 Å². The Hall–Kier alpha value is -6.78. The molecule has 0 atom stereocenters. The molecular formula is C72H90N6O4S9. The zero-order chi connectivity index (χ0) is 67.3. The van der Waals surface area contributed by atoms with Gasteiger partial charge in [0.25, 0.3) is 0 Å². The summed E-state index contributed by atoms with van der Waals surface area (Å²) >= 11 is 14.9. The highest BCUT2D eigenvalue weighted by Crippen LogP contribution is 2.25. The molecule has 0 amide bonds. The zero-order valence-electron chi connectivity index (χ0n) is 56.3. The van der Waals surface area contributed by atoms with Crippen molar-refractivity contribution >= 4 is 103 Å². The van der Waals surface area contributed by atoms with Gasteiger partial charge in [-0.1, -0.05) is 24.3 Å². The third kappa shape index (κ3) is 41.4. The molecule has 14 rings (SSSR count). The molecule has 14 aromatic rings. The Morgan fingerprint density at radius 1 is 0.396 bits per heavy atom. The summed E-state index contributed by atoms with van der Waals surface area (Å²) in [6, 6.07) is 28.6. The van der Waals surface area contributed by atoms with Crippen molar-refractivity contribution in [3.8, 4) is 11.3 Å². The average Bonchev–Trinajstić information content (AvgIpc) is 3.42. The Morgan fingerprint density at radius 3 is 1.27 bits per heavy atom. The summed E-state index contributed by atoms with van der Waals surface area (Å²) in [6.07, 6.45) is 12.6. The maximum Gasteiger partial charge on any atom is 0.134 e. The van der Waals surface area contributed by atoms with E-state index >= 15 is 0 Å². The van der Waals surface area contributed by atoms with Gasteiger partial charge >= 0.3 is 0 Å². The van der Waals surface area contributed by atoms with Crippen molar-refractivity contribution in [1.82, 2.24) is 28.1 Å². The van der Waals surface area contributed by atoms with Crippen LogP contribution in [0, 0.1) is 138 Å². The van der Waals surface area contributed by atoms with Gasteiger partial charge in [0.05, 0.1) is 40.5 Å². The third-order valence-electron chi connectivity index (χ3n) is 11.2.